The van der Waals surface area contributed by atoms with Crippen LogP contribution in [0, 0.1) is 0 Å². The van der Waals surface area contributed by atoms with E-state index in [4.69, 9.17) is 13.8 Å². The summed E-state index contributed by atoms with van der Waals surface area (Å²) in [6.07, 6.45) is 0. The van der Waals surface area contributed by atoms with E-state index in [0.717, 1.165) is 61.2 Å². The van der Waals surface area contributed by atoms with Crippen LogP contribution in [0.25, 0.3) is 77.9 Å². The van der Waals surface area contributed by atoms with Gasteiger partial charge in [-0.15, -0.1) is 0 Å². The zero-order valence-corrected chi connectivity index (χ0v) is 28.7. The van der Waals surface area contributed by atoms with Crippen LogP contribution in [0.3, 0.4) is 0 Å². The Morgan fingerprint density at radius 3 is 1.43 bits per heavy atom. The third-order valence-electron chi connectivity index (χ3n) is 9.94. The van der Waals surface area contributed by atoms with Crippen molar-refractivity contribution in [2.75, 3.05) is 4.90 Å². The molecule has 0 fully saturated rings. The van der Waals surface area contributed by atoms with Gasteiger partial charge in [0.05, 0.1) is 11.1 Å². The van der Waals surface area contributed by atoms with Gasteiger partial charge in [-0.1, -0.05) is 127 Å². The van der Waals surface area contributed by atoms with Gasteiger partial charge in [0, 0.05) is 22.3 Å². The highest BCUT2D eigenvalue weighted by molar-refractivity contribution is 6.14. The Kier molecular flexibility index (Phi) is 7.43. The summed E-state index contributed by atoms with van der Waals surface area (Å²) in [6, 6.07) is 67.7. The van der Waals surface area contributed by atoms with Crippen LogP contribution in [0.2, 0.25) is 0 Å². The summed E-state index contributed by atoms with van der Waals surface area (Å²) in [4.78, 5) is 7.11. The molecule has 0 saturated carbocycles. The number of rotatable bonds is 7. The lowest BCUT2D eigenvalue weighted by atomic mass is 10.00. The van der Waals surface area contributed by atoms with Crippen molar-refractivity contribution in [3.63, 3.8) is 0 Å². The molecule has 0 bridgehead atoms. The van der Waals surface area contributed by atoms with Crippen molar-refractivity contribution in [3.8, 4) is 44.8 Å². The van der Waals surface area contributed by atoms with Crippen LogP contribution in [-0.4, -0.2) is 4.98 Å². The standard InChI is InChI=1S/C49H32N2O2/c1-3-10-33(11-4-1)35-18-20-36(21-19-35)38-24-29-41(30-25-38)51(40-27-22-37(23-28-40)34-12-5-2-6-13-34)44-15-9-17-47-48(44)42-32-39(26-31-45(42)52-47)49-50-43-14-7-8-16-46(43)53-49/h1-32H. The van der Waals surface area contributed by atoms with Crippen LogP contribution in [0.5, 0.6) is 0 Å². The molecule has 2 heterocycles. The van der Waals surface area contributed by atoms with E-state index in [1.54, 1.807) is 0 Å². The molecular formula is C49H32N2O2. The van der Waals surface area contributed by atoms with Crippen LogP contribution >= 0.6 is 0 Å². The highest BCUT2D eigenvalue weighted by Crippen LogP contribution is 2.44. The molecule has 10 aromatic rings. The molecule has 0 aliphatic carbocycles. The zero-order chi connectivity index (χ0) is 35.1. The number of fused-ring (bicyclic) bond motifs is 4. The first-order valence-corrected chi connectivity index (χ1v) is 17.8. The molecular weight excluding hydrogens is 649 g/mol. The summed E-state index contributed by atoms with van der Waals surface area (Å²) in [7, 11) is 0. The van der Waals surface area contributed by atoms with Crippen LogP contribution in [0.15, 0.2) is 203 Å². The summed E-state index contributed by atoms with van der Waals surface area (Å²) in [5, 5.41) is 2.02. The van der Waals surface area contributed by atoms with E-state index in [1.165, 1.54) is 27.8 Å². The van der Waals surface area contributed by atoms with Gasteiger partial charge in [0.1, 0.15) is 16.7 Å². The number of para-hydroxylation sites is 2. The molecule has 250 valence electrons. The second-order valence-electron chi connectivity index (χ2n) is 13.2. The maximum atomic E-state index is 6.48. The fraction of sp³-hybridized carbons (Fsp3) is 0. The molecule has 4 nitrogen and oxygen atoms in total. The molecule has 4 heteroatoms. The lowest BCUT2D eigenvalue weighted by Gasteiger charge is -2.26. The molecule has 0 unspecified atom stereocenters. The van der Waals surface area contributed by atoms with Gasteiger partial charge < -0.3 is 13.7 Å². The topological polar surface area (TPSA) is 42.4 Å². The third-order valence-corrected chi connectivity index (χ3v) is 9.94. The maximum absolute atomic E-state index is 6.48. The molecule has 2 aromatic heterocycles. The maximum Gasteiger partial charge on any atom is 0.227 e. The van der Waals surface area contributed by atoms with Gasteiger partial charge >= 0.3 is 0 Å². The lowest BCUT2D eigenvalue weighted by Crippen LogP contribution is -2.10. The first kappa shape index (κ1) is 30.6. The fourth-order valence-corrected chi connectivity index (χ4v) is 7.27. The number of furan rings is 1. The molecule has 0 aliphatic rings. The van der Waals surface area contributed by atoms with Crippen molar-refractivity contribution in [2.45, 2.75) is 0 Å². The summed E-state index contributed by atoms with van der Waals surface area (Å²) in [5.74, 6) is 0.584. The van der Waals surface area contributed by atoms with E-state index in [9.17, 15) is 0 Å². The molecule has 0 aliphatic heterocycles. The zero-order valence-electron chi connectivity index (χ0n) is 28.7. The van der Waals surface area contributed by atoms with Crippen LogP contribution < -0.4 is 4.90 Å². The predicted octanol–water partition coefficient (Wildman–Crippen LogP) is 13.9. The quantitative estimate of drug-likeness (QED) is 0.168. The predicted molar refractivity (Wildman–Crippen MR) is 218 cm³/mol. The highest BCUT2D eigenvalue weighted by atomic mass is 16.3. The van der Waals surface area contributed by atoms with Crippen molar-refractivity contribution >= 4 is 50.1 Å². The second kappa shape index (κ2) is 12.9. The van der Waals surface area contributed by atoms with Crippen LogP contribution in [0.4, 0.5) is 17.1 Å². The van der Waals surface area contributed by atoms with Crippen molar-refractivity contribution in [1.82, 2.24) is 4.98 Å². The minimum absolute atomic E-state index is 0.584. The lowest BCUT2D eigenvalue weighted by molar-refractivity contribution is 0.620. The molecule has 0 saturated heterocycles. The van der Waals surface area contributed by atoms with Crippen molar-refractivity contribution in [3.05, 3.63) is 194 Å². The molecule has 0 radical (unpaired) electrons. The van der Waals surface area contributed by atoms with E-state index in [2.05, 4.69) is 144 Å². The van der Waals surface area contributed by atoms with Crippen molar-refractivity contribution in [2.24, 2.45) is 0 Å². The monoisotopic (exact) mass is 680 g/mol. The van der Waals surface area contributed by atoms with Gasteiger partial charge in [0.25, 0.3) is 0 Å². The summed E-state index contributed by atoms with van der Waals surface area (Å²) in [6.45, 7) is 0. The molecule has 53 heavy (non-hydrogen) atoms. The van der Waals surface area contributed by atoms with E-state index in [1.807, 2.05) is 54.6 Å². The Hall–Kier alpha value is -7.17. The van der Waals surface area contributed by atoms with E-state index in [-0.39, 0.29) is 0 Å². The van der Waals surface area contributed by atoms with Crippen LogP contribution in [0.1, 0.15) is 0 Å². The Bertz CT molecular complexity index is 2820. The number of anilines is 3. The highest BCUT2D eigenvalue weighted by Gasteiger charge is 2.21. The van der Waals surface area contributed by atoms with Crippen molar-refractivity contribution in [1.29, 1.82) is 0 Å². The van der Waals surface area contributed by atoms with Gasteiger partial charge in [-0.3, -0.25) is 0 Å². The molecule has 8 aromatic carbocycles. The Morgan fingerprint density at radius 1 is 0.358 bits per heavy atom. The minimum atomic E-state index is 0.584. The van der Waals surface area contributed by atoms with Gasteiger partial charge in [-0.05, 0) is 100 Å². The summed E-state index contributed by atoms with van der Waals surface area (Å²) >= 11 is 0. The van der Waals surface area contributed by atoms with E-state index in [0.29, 0.717) is 5.89 Å². The van der Waals surface area contributed by atoms with Gasteiger partial charge in [0.15, 0.2) is 5.58 Å². The second-order valence-corrected chi connectivity index (χ2v) is 13.2. The minimum Gasteiger partial charge on any atom is -0.456 e. The summed E-state index contributed by atoms with van der Waals surface area (Å²) < 4.78 is 12.7. The summed E-state index contributed by atoms with van der Waals surface area (Å²) in [5.41, 5.74) is 14.3. The van der Waals surface area contributed by atoms with E-state index >= 15 is 0 Å². The first-order chi connectivity index (χ1) is 26.2. The number of hydrogen-bond donors (Lipinski definition) is 0. The average Bonchev–Trinajstić information content (AvgIpc) is 3.84. The first-order valence-electron chi connectivity index (χ1n) is 17.8. The molecule has 0 atom stereocenters. The number of benzene rings is 8. The molecule has 0 N–H and O–H groups in total. The number of hydrogen-bond acceptors (Lipinski definition) is 4. The Balaban J connectivity index is 1.09. The molecule has 0 amide bonds. The number of oxazole rings is 1. The molecule has 10 rings (SSSR count). The SMILES string of the molecule is c1ccc(-c2ccc(-c3ccc(N(c4ccc(-c5ccccc5)cc4)c4cccc5oc6ccc(-c7nc8ccccc8o7)cc6c45)cc3)cc2)cc1. The van der Waals surface area contributed by atoms with Gasteiger partial charge in [-0.25, -0.2) is 4.98 Å². The van der Waals surface area contributed by atoms with Crippen molar-refractivity contribution < 1.29 is 8.83 Å². The van der Waals surface area contributed by atoms with Crippen LogP contribution in [-0.2, 0) is 0 Å². The largest absolute Gasteiger partial charge is 0.456 e. The Morgan fingerprint density at radius 2 is 0.849 bits per heavy atom. The molecule has 0 spiro atoms. The normalized spacial score (nSPS) is 11.4. The van der Waals surface area contributed by atoms with Gasteiger partial charge in [-0.2, -0.15) is 0 Å². The smallest absolute Gasteiger partial charge is 0.227 e. The Labute approximate surface area is 306 Å². The fourth-order valence-electron chi connectivity index (χ4n) is 7.27. The number of aromatic nitrogens is 1. The van der Waals surface area contributed by atoms with Gasteiger partial charge in [0.2, 0.25) is 5.89 Å². The van der Waals surface area contributed by atoms with E-state index < -0.39 is 0 Å². The third kappa shape index (κ3) is 5.63. The average molecular weight is 681 g/mol. The number of nitrogens with zero attached hydrogens (tertiary/aromatic N) is 2.